The number of anilines is 2. The van der Waals surface area contributed by atoms with E-state index in [0.717, 1.165) is 6.42 Å². The normalized spacial score (nSPS) is 12.1. The lowest BCUT2D eigenvalue weighted by molar-refractivity contribution is 0.783. The van der Waals surface area contributed by atoms with Crippen molar-refractivity contribution in [2.45, 2.75) is 19.4 Å². The molecule has 1 heterocycles. The Bertz CT molecular complexity index is 470. The van der Waals surface area contributed by atoms with Crippen molar-refractivity contribution in [3.8, 4) is 0 Å². The van der Waals surface area contributed by atoms with Gasteiger partial charge >= 0.3 is 0 Å². The average molecular weight is 228 g/mol. The summed E-state index contributed by atoms with van der Waals surface area (Å²) in [6, 6.07) is 10.6. The molecule has 1 aromatic carbocycles. The van der Waals surface area contributed by atoms with Crippen LogP contribution in [0, 0.1) is 0 Å². The fourth-order valence-electron chi connectivity index (χ4n) is 1.72. The van der Waals surface area contributed by atoms with Crippen LogP contribution in [0.3, 0.4) is 0 Å². The van der Waals surface area contributed by atoms with Crippen LogP contribution in [0.25, 0.3) is 0 Å². The van der Waals surface area contributed by atoms with Crippen molar-refractivity contribution in [2.24, 2.45) is 0 Å². The van der Waals surface area contributed by atoms with Crippen LogP contribution in [-0.4, -0.2) is 16.0 Å². The summed E-state index contributed by atoms with van der Waals surface area (Å²) in [5, 5.41) is 3.28. The van der Waals surface area contributed by atoms with E-state index in [9.17, 15) is 0 Å². The van der Waals surface area contributed by atoms with Crippen molar-refractivity contribution < 1.29 is 0 Å². The number of nitrogens with zero attached hydrogens (tertiary/aromatic N) is 2. The summed E-state index contributed by atoms with van der Waals surface area (Å²) in [5.41, 5.74) is 6.87. The lowest BCUT2D eigenvalue weighted by atomic mass is 10.1. The fraction of sp³-hybridized carbons (Fsp3) is 0.231. The van der Waals surface area contributed by atoms with Crippen LogP contribution in [0.2, 0.25) is 0 Å². The third-order valence-corrected chi connectivity index (χ3v) is 2.43. The van der Waals surface area contributed by atoms with E-state index in [-0.39, 0.29) is 6.04 Å². The molecule has 0 bridgehead atoms. The van der Waals surface area contributed by atoms with E-state index < -0.39 is 0 Å². The highest BCUT2D eigenvalue weighted by atomic mass is 15.1. The predicted molar refractivity (Wildman–Crippen MR) is 69.7 cm³/mol. The van der Waals surface area contributed by atoms with Gasteiger partial charge in [-0.1, -0.05) is 30.3 Å². The average Bonchev–Trinajstić information content (AvgIpc) is 2.30. The zero-order valence-corrected chi connectivity index (χ0v) is 9.80. The molecule has 0 aliphatic carbocycles. The van der Waals surface area contributed by atoms with Crippen molar-refractivity contribution in [3.63, 3.8) is 0 Å². The van der Waals surface area contributed by atoms with Gasteiger partial charge in [-0.05, 0) is 18.9 Å². The van der Waals surface area contributed by atoms with Gasteiger partial charge in [-0.2, -0.15) is 0 Å². The van der Waals surface area contributed by atoms with Crippen LogP contribution < -0.4 is 11.1 Å². The van der Waals surface area contributed by atoms with Crippen LogP contribution in [0.5, 0.6) is 0 Å². The standard InChI is InChI=1S/C13H16N4/c1-10(7-11-5-3-2-4-6-11)16-13-9-15-8-12(14)17-13/h2-6,8-10H,7H2,1H3,(H3,14,16,17). The number of nitrogens with one attached hydrogen (secondary N) is 1. The molecule has 0 saturated heterocycles. The Labute approximate surface area is 101 Å². The molecule has 0 aliphatic heterocycles. The summed E-state index contributed by atoms with van der Waals surface area (Å²) in [6.45, 7) is 2.11. The molecule has 2 aromatic rings. The molecule has 0 fully saturated rings. The number of hydrogen-bond donors (Lipinski definition) is 2. The van der Waals surface area contributed by atoms with Gasteiger partial charge in [0.05, 0.1) is 12.4 Å². The molecule has 88 valence electrons. The van der Waals surface area contributed by atoms with E-state index in [1.807, 2.05) is 18.2 Å². The molecule has 0 saturated carbocycles. The third kappa shape index (κ3) is 3.45. The lowest BCUT2D eigenvalue weighted by Crippen LogP contribution is -2.19. The van der Waals surface area contributed by atoms with E-state index in [0.29, 0.717) is 11.6 Å². The largest absolute Gasteiger partial charge is 0.382 e. The highest BCUT2D eigenvalue weighted by Crippen LogP contribution is 2.09. The molecule has 4 heteroatoms. The molecule has 1 aromatic heterocycles. The number of hydrogen-bond acceptors (Lipinski definition) is 4. The van der Waals surface area contributed by atoms with Gasteiger partial charge in [-0.15, -0.1) is 0 Å². The van der Waals surface area contributed by atoms with Gasteiger partial charge in [0.1, 0.15) is 11.6 Å². The van der Waals surface area contributed by atoms with Gasteiger partial charge in [0.2, 0.25) is 0 Å². The maximum absolute atomic E-state index is 5.57. The molecule has 4 nitrogen and oxygen atoms in total. The van der Waals surface area contributed by atoms with Crippen molar-refractivity contribution in [3.05, 3.63) is 48.3 Å². The second-order valence-corrected chi connectivity index (χ2v) is 4.06. The molecule has 1 unspecified atom stereocenters. The third-order valence-electron chi connectivity index (χ3n) is 2.43. The quantitative estimate of drug-likeness (QED) is 0.841. The first-order valence-electron chi connectivity index (χ1n) is 5.62. The molecule has 1 atom stereocenters. The summed E-state index contributed by atoms with van der Waals surface area (Å²) in [5.74, 6) is 1.15. The van der Waals surface area contributed by atoms with E-state index in [1.54, 1.807) is 6.20 Å². The summed E-state index contributed by atoms with van der Waals surface area (Å²) >= 11 is 0. The molecular formula is C13H16N4. The Morgan fingerprint density at radius 2 is 2.00 bits per heavy atom. The Morgan fingerprint density at radius 3 is 2.71 bits per heavy atom. The van der Waals surface area contributed by atoms with E-state index in [2.05, 4.69) is 34.3 Å². The van der Waals surface area contributed by atoms with Crippen molar-refractivity contribution in [1.29, 1.82) is 0 Å². The summed E-state index contributed by atoms with van der Waals surface area (Å²) < 4.78 is 0. The highest BCUT2D eigenvalue weighted by Gasteiger charge is 2.04. The molecule has 0 amide bonds. The van der Waals surface area contributed by atoms with Gasteiger partial charge in [0.15, 0.2) is 0 Å². The highest BCUT2D eigenvalue weighted by molar-refractivity contribution is 5.39. The SMILES string of the molecule is CC(Cc1ccccc1)Nc1cncc(N)n1. The first-order valence-corrected chi connectivity index (χ1v) is 5.62. The van der Waals surface area contributed by atoms with Crippen molar-refractivity contribution >= 4 is 11.6 Å². The van der Waals surface area contributed by atoms with Gasteiger partial charge in [0, 0.05) is 6.04 Å². The van der Waals surface area contributed by atoms with Gasteiger partial charge in [-0.3, -0.25) is 4.98 Å². The number of nitrogen functional groups attached to an aromatic ring is 1. The van der Waals surface area contributed by atoms with Gasteiger partial charge in [-0.25, -0.2) is 4.98 Å². The topological polar surface area (TPSA) is 63.8 Å². The lowest BCUT2D eigenvalue weighted by Gasteiger charge is -2.14. The Hall–Kier alpha value is -2.10. The van der Waals surface area contributed by atoms with Crippen molar-refractivity contribution in [1.82, 2.24) is 9.97 Å². The summed E-state index contributed by atoms with van der Waals surface area (Å²) in [6.07, 6.45) is 4.15. The van der Waals surface area contributed by atoms with Crippen LogP contribution >= 0.6 is 0 Å². The monoisotopic (exact) mass is 228 g/mol. The molecule has 2 rings (SSSR count). The predicted octanol–water partition coefficient (Wildman–Crippen LogP) is 2.10. The van der Waals surface area contributed by atoms with E-state index in [1.165, 1.54) is 11.8 Å². The van der Waals surface area contributed by atoms with Gasteiger partial charge in [0.25, 0.3) is 0 Å². The Kier molecular flexibility index (Phi) is 3.55. The van der Waals surface area contributed by atoms with Crippen LogP contribution in [0.15, 0.2) is 42.7 Å². The first-order chi connectivity index (χ1) is 8.24. The number of benzene rings is 1. The number of nitrogens with two attached hydrogens (primary N) is 1. The zero-order chi connectivity index (χ0) is 12.1. The van der Waals surface area contributed by atoms with Crippen LogP contribution in [0.4, 0.5) is 11.6 Å². The number of rotatable bonds is 4. The minimum atomic E-state index is 0.286. The van der Waals surface area contributed by atoms with E-state index >= 15 is 0 Å². The molecule has 0 spiro atoms. The van der Waals surface area contributed by atoms with Gasteiger partial charge < -0.3 is 11.1 Å². The molecule has 3 N–H and O–H groups in total. The van der Waals surface area contributed by atoms with E-state index in [4.69, 9.17) is 5.73 Å². The molecule has 17 heavy (non-hydrogen) atoms. The molecule has 0 radical (unpaired) electrons. The summed E-state index contributed by atoms with van der Waals surface area (Å²) in [4.78, 5) is 8.15. The van der Waals surface area contributed by atoms with Crippen LogP contribution in [0.1, 0.15) is 12.5 Å². The minimum Gasteiger partial charge on any atom is -0.382 e. The summed E-state index contributed by atoms with van der Waals surface area (Å²) in [7, 11) is 0. The Morgan fingerprint density at radius 1 is 1.24 bits per heavy atom. The minimum absolute atomic E-state index is 0.286. The molecule has 0 aliphatic rings. The van der Waals surface area contributed by atoms with Crippen LogP contribution in [-0.2, 0) is 6.42 Å². The zero-order valence-electron chi connectivity index (χ0n) is 9.80. The second kappa shape index (κ2) is 5.30. The maximum Gasteiger partial charge on any atom is 0.147 e. The maximum atomic E-state index is 5.57. The second-order valence-electron chi connectivity index (χ2n) is 4.06. The number of aromatic nitrogens is 2. The first kappa shape index (κ1) is 11.4. The smallest absolute Gasteiger partial charge is 0.147 e. The van der Waals surface area contributed by atoms with Crippen molar-refractivity contribution in [2.75, 3.05) is 11.1 Å². The Balaban J connectivity index is 1.96. The fourth-order valence-corrected chi connectivity index (χ4v) is 1.72. The molecular weight excluding hydrogens is 212 g/mol.